The zero-order chi connectivity index (χ0) is 19.6. The summed E-state index contributed by atoms with van der Waals surface area (Å²) in [4.78, 5) is 17.3. The van der Waals surface area contributed by atoms with Crippen molar-refractivity contribution in [1.29, 1.82) is 0 Å². The van der Waals surface area contributed by atoms with E-state index in [1.54, 1.807) is 30.3 Å². The van der Waals surface area contributed by atoms with E-state index in [-0.39, 0.29) is 32.0 Å². The fraction of sp³-hybridized carbons (Fsp3) is 0. The van der Waals surface area contributed by atoms with Gasteiger partial charge in [-0.3, -0.25) is 9.52 Å². The van der Waals surface area contributed by atoms with E-state index in [1.807, 2.05) is 0 Å². The number of hydrogen-bond donors (Lipinski definition) is 1. The fourth-order valence-corrected chi connectivity index (χ4v) is 3.85. The minimum atomic E-state index is -1.73. The van der Waals surface area contributed by atoms with Crippen molar-refractivity contribution in [2.24, 2.45) is 0 Å². The maximum absolute atomic E-state index is 12.8. The summed E-state index contributed by atoms with van der Waals surface area (Å²) in [5, 5.41) is 1.17. The highest BCUT2D eigenvalue weighted by Gasteiger charge is 2.20. The monoisotopic (exact) mass is 458 g/mol. The Hall–Kier alpha value is -1.63. The minimum absolute atomic E-state index is 0.0425. The Bertz CT molecular complexity index is 1060. The van der Waals surface area contributed by atoms with Crippen molar-refractivity contribution < 1.29 is 9.00 Å². The average molecular weight is 460 g/mol. The molecule has 3 aromatic rings. The molecule has 1 aromatic heterocycles. The number of ketones is 1. The molecule has 1 heterocycles. The second kappa shape index (κ2) is 8.59. The van der Waals surface area contributed by atoms with Crippen LogP contribution in [-0.4, -0.2) is 15.0 Å². The molecule has 1 atom stereocenters. The van der Waals surface area contributed by atoms with Gasteiger partial charge in [-0.05, 0) is 36.4 Å². The molecule has 9 heteroatoms. The molecule has 0 amide bonds. The lowest BCUT2D eigenvalue weighted by atomic mass is 10.1. The Labute approximate surface area is 178 Å². The van der Waals surface area contributed by atoms with E-state index in [2.05, 4.69) is 9.71 Å². The Kier molecular flexibility index (Phi) is 6.40. The molecule has 0 aliphatic carbocycles. The fourth-order valence-electron chi connectivity index (χ4n) is 2.22. The molecule has 3 rings (SSSR count). The standard InChI is InChI=1S/C18H10Cl4N2O2S/c19-10-7-16(24-27(26)11-5-6-14(21)15(22)8-11)17(23-9-10)18(25)12-3-1-2-4-13(12)20/h1-9,24H. The minimum Gasteiger partial charge on any atom is -0.299 e. The summed E-state index contributed by atoms with van der Waals surface area (Å²) < 4.78 is 15.4. The van der Waals surface area contributed by atoms with E-state index in [0.29, 0.717) is 9.92 Å². The van der Waals surface area contributed by atoms with Crippen LogP contribution in [-0.2, 0) is 11.0 Å². The average Bonchev–Trinajstić information content (AvgIpc) is 2.64. The summed E-state index contributed by atoms with van der Waals surface area (Å²) in [5.74, 6) is -0.425. The summed E-state index contributed by atoms with van der Waals surface area (Å²) in [7, 11) is -1.73. The van der Waals surface area contributed by atoms with Crippen LogP contribution in [0.25, 0.3) is 0 Å². The quantitative estimate of drug-likeness (QED) is 0.471. The van der Waals surface area contributed by atoms with Crippen molar-refractivity contribution in [1.82, 2.24) is 4.98 Å². The Morgan fingerprint density at radius 3 is 2.37 bits per heavy atom. The van der Waals surface area contributed by atoms with E-state index in [1.165, 1.54) is 24.4 Å². The van der Waals surface area contributed by atoms with Gasteiger partial charge < -0.3 is 0 Å². The van der Waals surface area contributed by atoms with Crippen LogP contribution in [0.1, 0.15) is 16.1 Å². The van der Waals surface area contributed by atoms with Crippen molar-refractivity contribution in [2.75, 3.05) is 4.72 Å². The molecular formula is C18H10Cl4N2O2S. The summed E-state index contributed by atoms with van der Waals surface area (Å²) in [6, 6.07) is 12.6. The Balaban J connectivity index is 1.97. The second-order valence-corrected chi connectivity index (χ2v) is 8.18. The number of hydrogen-bond acceptors (Lipinski definition) is 3. The summed E-state index contributed by atoms with van der Waals surface area (Å²) >= 11 is 23.9. The normalized spacial score (nSPS) is 11.9. The van der Waals surface area contributed by atoms with Gasteiger partial charge in [-0.2, -0.15) is 0 Å². The van der Waals surface area contributed by atoms with Gasteiger partial charge in [-0.15, -0.1) is 0 Å². The van der Waals surface area contributed by atoms with Gasteiger partial charge in [0.1, 0.15) is 16.7 Å². The number of anilines is 1. The van der Waals surface area contributed by atoms with Gasteiger partial charge in [0.2, 0.25) is 5.78 Å². The van der Waals surface area contributed by atoms with Gasteiger partial charge in [0.05, 0.1) is 30.7 Å². The molecule has 0 aliphatic rings. The first kappa shape index (κ1) is 20.1. The van der Waals surface area contributed by atoms with Crippen LogP contribution in [0.3, 0.4) is 0 Å². The van der Waals surface area contributed by atoms with E-state index in [9.17, 15) is 9.00 Å². The molecule has 0 spiro atoms. The third-order valence-electron chi connectivity index (χ3n) is 3.50. The SMILES string of the molecule is O=C(c1ccccc1Cl)c1ncc(Cl)cc1NS(=O)c1ccc(Cl)c(Cl)c1. The van der Waals surface area contributed by atoms with Crippen molar-refractivity contribution in [2.45, 2.75) is 4.90 Å². The van der Waals surface area contributed by atoms with E-state index in [0.717, 1.165) is 0 Å². The first-order chi connectivity index (χ1) is 12.9. The predicted octanol–water partition coefficient (Wildman–Crippen LogP) is 6.06. The molecule has 0 bridgehead atoms. The molecule has 0 aliphatic heterocycles. The molecule has 0 radical (unpaired) electrons. The molecule has 0 saturated carbocycles. The maximum atomic E-state index is 12.8. The lowest BCUT2D eigenvalue weighted by molar-refractivity contribution is 0.103. The Morgan fingerprint density at radius 1 is 0.926 bits per heavy atom. The van der Waals surface area contributed by atoms with Crippen LogP contribution < -0.4 is 4.72 Å². The number of nitrogens with zero attached hydrogens (tertiary/aromatic N) is 1. The van der Waals surface area contributed by atoms with Gasteiger partial charge in [0, 0.05) is 11.8 Å². The van der Waals surface area contributed by atoms with Gasteiger partial charge in [0.15, 0.2) is 0 Å². The van der Waals surface area contributed by atoms with Crippen LogP contribution in [0.2, 0.25) is 20.1 Å². The number of benzene rings is 2. The number of carbonyl (C=O) groups is 1. The molecule has 1 N–H and O–H groups in total. The molecule has 138 valence electrons. The number of halogens is 4. The van der Waals surface area contributed by atoms with Crippen LogP contribution in [0.5, 0.6) is 0 Å². The molecule has 0 saturated heterocycles. The molecule has 1 unspecified atom stereocenters. The summed E-state index contributed by atoms with van der Waals surface area (Å²) in [6.07, 6.45) is 1.33. The molecule has 4 nitrogen and oxygen atoms in total. The van der Waals surface area contributed by atoms with Crippen LogP contribution in [0.15, 0.2) is 59.6 Å². The number of carbonyl (C=O) groups excluding carboxylic acids is 1. The highest BCUT2D eigenvalue weighted by molar-refractivity contribution is 7.86. The lowest BCUT2D eigenvalue weighted by Gasteiger charge is -2.12. The first-order valence-corrected chi connectivity index (χ1v) is 10.1. The van der Waals surface area contributed by atoms with Gasteiger partial charge >= 0.3 is 0 Å². The van der Waals surface area contributed by atoms with E-state index < -0.39 is 16.8 Å². The number of rotatable bonds is 5. The zero-order valence-electron chi connectivity index (χ0n) is 13.4. The van der Waals surface area contributed by atoms with E-state index >= 15 is 0 Å². The largest absolute Gasteiger partial charge is 0.299 e. The summed E-state index contributed by atoms with van der Waals surface area (Å²) in [5.41, 5.74) is 0.523. The lowest BCUT2D eigenvalue weighted by Crippen LogP contribution is -2.12. The topological polar surface area (TPSA) is 59.1 Å². The van der Waals surface area contributed by atoms with Crippen molar-refractivity contribution in [3.8, 4) is 0 Å². The summed E-state index contributed by atoms with van der Waals surface area (Å²) in [6.45, 7) is 0. The number of nitrogens with one attached hydrogen (secondary N) is 1. The van der Waals surface area contributed by atoms with Crippen molar-refractivity contribution >= 4 is 68.9 Å². The zero-order valence-corrected chi connectivity index (χ0v) is 17.2. The molecule has 2 aromatic carbocycles. The Morgan fingerprint density at radius 2 is 1.67 bits per heavy atom. The van der Waals surface area contributed by atoms with Gasteiger partial charge in [-0.25, -0.2) is 9.19 Å². The molecule has 27 heavy (non-hydrogen) atoms. The van der Waals surface area contributed by atoms with Crippen molar-refractivity contribution in [3.05, 3.63) is 86.1 Å². The maximum Gasteiger partial charge on any atom is 0.214 e. The second-order valence-electron chi connectivity index (χ2n) is 5.31. The van der Waals surface area contributed by atoms with Gasteiger partial charge in [0.25, 0.3) is 0 Å². The first-order valence-electron chi connectivity index (χ1n) is 7.45. The number of aromatic nitrogens is 1. The van der Waals surface area contributed by atoms with E-state index in [4.69, 9.17) is 46.4 Å². The highest BCUT2D eigenvalue weighted by atomic mass is 35.5. The number of pyridine rings is 1. The van der Waals surface area contributed by atoms with Gasteiger partial charge in [-0.1, -0.05) is 58.5 Å². The van der Waals surface area contributed by atoms with Crippen LogP contribution in [0.4, 0.5) is 5.69 Å². The van der Waals surface area contributed by atoms with Crippen molar-refractivity contribution in [3.63, 3.8) is 0 Å². The van der Waals surface area contributed by atoms with Crippen LogP contribution >= 0.6 is 46.4 Å². The molecule has 0 fully saturated rings. The third kappa shape index (κ3) is 4.62. The van der Waals surface area contributed by atoms with Crippen LogP contribution in [0, 0.1) is 0 Å². The highest BCUT2D eigenvalue weighted by Crippen LogP contribution is 2.28. The predicted molar refractivity (Wildman–Crippen MR) is 111 cm³/mol. The third-order valence-corrected chi connectivity index (χ3v) is 5.86. The molecular weight excluding hydrogens is 450 g/mol. The smallest absolute Gasteiger partial charge is 0.214 e.